The lowest BCUT2D eigenvalue weighted by atomic mass is 9.94. The smallest absolute Gasteiger partial charge is 0.257 e. The van der Waals surface area contributed by atoms with Crippen LogP contribution in [0.1, 0.15) is 51.0 Å². The van der Waals surface area contributed by atoms with Gasteiger partial charge >= 0.3 is 0 Å². The van der Waals surface area contributed by atoms with Crippen molar-refractivity contribution >= 4 is 34.2 Å². The first-order valence-corrected chi connectivity index (χ1v) is 10.3. The predicted molar refractivity (Wildman–Crippen MR) is 112 cm³/mol. The lowest BCUT2D eigenvalue weighted by Gasteiger charge is -2.25. The number of hydrogen-bond acceptors (Lipinski definition) is 7. The van der Waals surface area contributed by atoms with Crippen LogP contribution in [0.15, 0.2) is 18.5 Å². The van der Waals surface area contributed by atoms with E-state index in [1.807, 2.05) is 11.6 Å². The molecule has 1 saturated carbocycles. The van der Waals surface area contributed by atoms with Crippen molar-refractivity contribution in [2.75, 3.05) is 5.32 Å². The highest BCUT2D eigenvalue weighted by Gasteiger charge is 2.43. The lowest BCUT2D eigenvalue weighted by Crippen LogP contribution is -2.46. The van der Waals surface area contributed by atoms with Gasteiger partial charge in [0.25, 0.3) is 5.91 Å². The molecule has 2 aliphatic rings. The van der Waals surface area contributed by atoms with E-state index in [-0.39, 0.29) is 6.42 Å². The number of pyridine rings is 1. The molecule has 1 aliphatic heterocycles. The zero-order chi connectivity index (χ0) is 21.3. The Balaban J connectivity index is 1.79. The van der Waals surface area contributed by atoms with Crippen molar-refractivity contribution in [1.29, 1.82) is 0 Å². The van der Waals surface area contributed by atoms with Gasteiger partial charge in [-0.1, -0.05) is 19.3 Å². The van der Waals surface area contributed by atoms with Gasteiger partial charge in [-0.3, -0.25) is 19.9 Å². The summed E-state index contributed by atoms with van der Waals surface area (Å²) in [6.07, 6.45) is 10.5. The van der Waals surface area contributed by atoms with E-state index >= 15 is 0 Å². The number of aryl methyl sites for hydroxylation is 1. The highest BCUT2D eigenvalue weighted by atomic mass is 16.7. The Labute approximate surface area is 174 Å². The number of anilines is 1. The van der Waals surface area contributed by atoms with E-state index in [4.69, 9.17) is 16.3 Å². The van der Waals surface area contributed by atoms with Gasteiger partial charge in [-0.05, 0) is 25.8 Å². The van der Waals surface area contributed by atoms with Crippen molar-refractivity contribution in [2.24, 2.45) is 11.5 Å². The summed E-state index contributed by atoms with van der Waals surface area (Å²) in [6.45, 7) is 2.71. The molecular weight excluding hydrogens is 386 g/mol. The molecule has 2 aromatic heterocycles. The minimum absolute atomic E-state index is 0.336. The Kier molecular flexibility index (Phi) is 5.33. The maximum atomic E-state index is 12.1. The van der Waals surface area contributed by atoms with Crippen LogP contribution in [0.5, 0.6) is 0 Å². The molecule has 3 heterocycles. The number of nitrogens with one attached hydrogen (secondary N) is 2. The molecule has 2 aromatic rings. The second-order valence-electron chi connectivity index (χ2n) is 7.88. The zero-order valence-electron chi connectivity index (χ0n) is 17.0. The third kappa shape index (κ3) is 3.58. The van der Waals surface area contributed by atoms with Gasteiger partial charge in [0.15, 0.2) is 5.65 Å². The van der Waals surface area contributed by atoms with E-state index in [1.54, 1.807) is 12.4 Å². The third-order valence-corrected chi connectivity index (χ3v) is 5.78. The van der Waals surface area contributed by atoms with E-state index in [1.165, 1.54) is 25.3 Å². The van der Waals surface area contributed by atoms with Gasteiger partial charge in [-0.25, -0.2) is 9.67 Å². The maximum Gasteiger partial charge on any atom is 0.257 e. The fourth-order valence-electron chi connectivity index (χ4n) is 4.19. The van der Waals surface area contributed by atoms with Crippen molar-refractivity contribution in [3.05, 3.63) is 24.0 Å². The summed E-state index contributed by atoms with van der Waals surface area (Å²) in [6, 6.07) is 0.336. The molecule has 0 spiro atoms. The van der Waals surface area contributed by atoms with Crippen molar-refractivity contribution in [1.82, 2.24) is 20.2 Å². The molecule has 1 atom stereocenters. The number of nitrogens with two attached hydrogens (primary N) is 2. The SMILES string of the molecule is CCn1ncc2c(NC3CCCCC3)c(C3=C[C@](CC(N)=O)(C(N)=O)ON3)cnc21. The monoisotopic (exact) mass is 413 g/mol. The second kappa shape index (κ2) is 7.94. The molecule has 10 nitrogen and oxygen atoms in total. The van der Waals surface area contributed by atoms with Crippen LogP contribution in [0.3, 0.4) is 0 Å². The molecule has 2 amide bonds. The van der Waals surface area contributed by atoms with Crippen LogP contribution in [0.25, 0.3) is 16.7 Å². The van der Waals surface area contributed by atoms with Gasteiger partial charge in [0.2, 0.25) is 11.5 Å². The highest BCUT2D eigenvalue weighted by Crippen LogP contribution is 2.36. The van der Waals surface area contributed by atoms with Crippen molar-refractivity contribution in [2.45, 2.75) is 63.6 Å². The third-order valence-electron chi connectivity index (χ3n) is 5.78. The Hall–Kier alpha value is -3.14. The zero-order valence-corrected chi connectivity index (χ0v) is 17.0. The van der Waals surface area contributed by atoms with Gasteiger partial charge in [-0.2, -0.15) is 5.10 Å². The number of aromatic nitrogens is 3. The molecule has 160 valence electrons. The van der Waals surface area contributed by atoms with Gasteiger partial charge in [-0.15, -0.1) is 0 Å². The van der Waals surface area contributed by atoms with E-state index in [2.05, 4.69) is 20.9 Å². The molecule has 4 rings (SSSR count). The highest BCUT2D eigenvalue weighted by molar-refractivity contribution is 5.98. The summed E-state index contributed by atoms with van der Waals surface area (Å²) in [7, 11) is 0. The number of carbonyl (C=O) groups is 2. The number of fused-ring (bicyclic) bond motifs is 1. The Morgan fingerprint density at radius 2 is 2.07 bits per heavy atom. The largest absolute Gasteiger partial charge is 0.381 e. The van der Waals surface area contributed by atoms with Gasteiger partial charge in [0.05, 0.1) is 29.4 Å². The van der Waals surface area contributed by atoms with Crippen LogP contribution in [0.2, 0.25) is 0 Å². The van der Waals surface area contributed by atoms with Crippen LogP contribution in [0, 0.1) is 0 Å². The number of rotatable bonds is 7. The van der Waals surface area contributed by atoms with Crippen LogP contribution < -0.4 is 22.3 Å². The van der Waals surface area contributed by atoms with E-state index in [0.717, 1.165) is 35.1 Å². The Morgan fingerprint density at radius 1 is 1.30 bits per heavy atom. The van der Waals surface area contributed by atoms with Gasteiger partial charge in [0, 0.05) is 24.3 Å². The molecule has 1 aliphatic carbocycles. The molecule has 10 heteroatoms. The minimum atomic E-state index is -1.63. The van der Waals surface area contributed by atoms with E-state index in [0.29, 0.717) is 18.3 Å². The molecule has 0 unspecified atom stereocenters. The molecule has 0 saturated heterocycles. The van der Waals surface area contributed by atoms with Gasteiger partial charge in [0.1, 0.15) is 0 Å². The standard InChI is InChI=1S/C20H27N7O3/c1-2-27-18-14(11-24-27)17(25-12-6-4-3-5-7-12)13(10-23-18)15-8-20(19(22)29,30-26-15)9-16(21)28/h8,10-12,26H,2-7,9H2,1H3,(H2,21,28)(H2,22,29)(H,23,25)/t20-/m0/s1. The molecule has 0 bridgehead atoms. The van der Waals surface area contributed by atoms with Crippen LogP contribution in [-0.2, 0) is 21.0 Å². The number of carbonyl (C=O) groups excluding carboxylic acids is 2. The fraction of sp³-hybridized carbons (Fsp3) is 0.500. The van der Waals surface area contributed by atoms with Gasteiger partial charge < -0.3 is 16.8 Å². The first-order valence-electron chi connectivity index (χ1n) is 10.3. The first kappa shape index (κ1) is 20.1. The normalized spacial score (nSPS) is 22.0. The quantitative estimate of drug-likeness (QED) is 0.532. The molecule has 0 radical (unpaired) electrons. The molecule has 30 heavy (non-hydrogen) atoms. The number of amides is 2. The predicted octanol–water partition coefficient (Wildman–Crippen LogP) is 1.17. The fourth-order valence-corrected chi connectivity index (χ4v) is 4.19. The second-order valence-corrected chi connectivity index (χ2v) is 7.88. The molecular formula is C20H27N7O3. The Morgan fingerprint density at radius 3 is 2.73 bits per heavy atom. The van der Waals surface area contributed by atoms with E-state index < -0.39 is 17.4 Å². The minimum Gasteiger partial charge on any atom is -0.381 e. The summed E-state index contributed by atoms with van der Waals surface area (Å²) in [4.78, 5) is 33.6. The Bertz CT molecular complexity index is 1010. The molecule has 1 fully saturated rings. The average Bonchev–Trinajstić information content (AvgIpc) is 3.33. The average molecular weight is 413 g/mol. The first-order chi connectivity index (χ1) is 14.4. The number of primary amides is 2. The summed E-state index contributed by atoms with van der Waals surface area (Å²) in [5, 5.41) is 8.99. The summed E-state index contributed by atoms with van der Waals surface area (Å²) in [5.74, 6) is -1.48. The topological polar surface area (TPSA) is 150 Å². The van der Waals surface area contributed by atoms with Crippen molar-refractivity contribution in [3.8, 4) is 0 Å². The summed E-state index contributed by atoms with van der Waals surface area (Å²) < 4.78 is 1.83. The van der Waals surface area contributed by atoms with Crippen LogP contribution in [0.4, 0.5) is 5.69 Å². The number of hydroxylamine groups is 1. The molecule has 6 N–H and O–H groups in total. The molecule has 0 aromatic carbocycles. The van der Waals surface area contributed by atoms with Crippen molar-refractivity contribution in [3.63, 3.8) is 0 Å². The van der Waals surface area contributed by atoms with Crippen LogP contribution >= 0.6 is 0 Å². The summed E-state index contributed by atoms with van der Waals surface area (Å²) >= 11 is 0. The maximum absolute atomic E-state index is 12.1. The van der Waals surface area contributed by atoms with Crippen molar-refractivity contribution < 1.29 is 14.4 Å². The van der Waals surface area contributed by atoms with E-state index in [9.17, 15) is 9.59 Å². The summed E-state index contributed by atoms with van der Waals surface area (Å²) in [5.41, 5.74) is 14.8. The number of hydrogen-bond donors (Lipinski definition) is 4. The lowest BCUT2D eigenvalue weighted by molar-refractivity contribution is -0.145. The van der Waals surface area contributed by atoms with Crippen LogP contribution in [-0.4, -0.2) is 38.2 Å². The number of nitrogens with zero attached hydrogens (tertiary/aromatic N) is 3.